The Hall–Kier alpha value is -3.52. The number of carbonyl (C=O) groups excluding carboxylic acids is 1. The number of aryl methyl sites for hydroxylation is 2. The second-order valence-corrected chi connectivity index (χ2v) is 8.87. The van der Waals surface area contributed by atoms with Gasteiger partial charge in [0.05, 0.1) is 14.2 Å². The Balaban J connectivity index is 1.33. The van der Waals surface area contributed by atoms with Crippen LogP contribution in [0, 0.1) is 0 Å². The van der Waals surface area contributed by atoms with E-state index < -0.39 is 0 Å². The molecular weight excluding hydrogens is 430 g/mol. The van der Waals surface area contributed by atoms with Crippen LogP contribution in [0.1, 0.15) is 35.5 Å². The van der Waals surface area contributed by atoms with E-state index in [0.717, 1.165) is 54.4 Å². The maximum absolute atomic E-state index is 12.7. The average molecular weight is 464 g/mol. The number of benzene rings is 2. The fraction of sp³-hybridized carbons (Fsp3) is 0.385. The fourth-order valence-electron chi connectivity index (χ4n) is 4.39. The number of nitrogens with one attached hydrogen (secondary N) is 3. The highest BCUT2D eigenvalue weighted by molar-refractivity contribution is 6.03. The molecule has 180 valence electrons. The summed E-state index contributed by atoms with van der Waals surface area (Å²) in [5, 5.41) is 13.7. The lowest BCUT2D eigenvalue weighted by Gasteiger charge is -2.37. The number of carbonyl (C=O) groups is 1. The van der Waals surface area contributed by atoms with Crippen molar-refractivity contribution in [1.29, 1.82) is 0 Å². The van der Waals surface area contributed by atoms with Crippen molar-refractivity contribution < 1.29 is 14.3 Å². The number of nitrogens with zero attached hydrogens (tertiary/aromatic N) is 2. The minimum atomic E-state index is -0.177. The molecule has 0 radical (unpaired) electrons. The molecule has 1 aliphatic rings. The lowest BCUT2D eigenvalue weighted by atomic mass is 10.1. The molecule has 1 amide bonds. The summed E-state index contributed by atoms with van der Waals surface area (Å²) in [5.74, 6) is 1.86. The van der Waals surface area contributed by atoms with Gasteiger partial charge in [-0.1, -0.05) is 0 Å². The first-order chi connectivity index (χ1) is 16.4. The SMILES string of the molecule is COc1cc(CCc2cc(NC(=O)c3ccc(N4C[C@H](C)N[C@@H](C)C4)cc3)n[nH]2)cc(OC)c1. The molecule has 34 heavy (non-hydrogen) atoms. The molecule has 8 nitrogen and oxygen atoms in total. The van der Waals surface area contributed by atoms with Crippen LogP contribution in [0.5, 0.6) is 11.5 Å². The van der Waals surface area contributed by atoms with Gasteiger partial charge in [-0.3, -0.25) is 9.89 Å². The van der Waals surface area contributed by atoms with Gasteiger partial charge in [-0.2, -0.15) is 5.10 Å². The zero-order valence-corrected chi connectivity index (χ0v) is 20.2. The average Bonchev–Trinajstić information content (AvgIpc) is 3.29. The summed E-state index contributed by atoms with van der Waals surface area (Å²) in [6.07, 6.45) is 1.53. The van der Waals surface area contributed by atoms with Crippen molar-refractivity contribution in [2.24, 2.45) is 0 Å². The van der Waals surface area contributed by atoms with E-state index in [9.17, 15) is 4.79 Å². The number of hydrogen-bond donors (Lipinski definition) is 3. The van der Waals surface area contributed by atoms with Gasteiger partial charge in [0.25, 0.3) is 5.91 Å². The lowest BCUT2D eigenvalue weighted by molar-refractivity contribution is 0.102. The van der Waals surface area contributed by atoms with Crippen molar-refractivity contribution in [1.82, 2.24) is 15.5 Å². The van der Waals surface area contributed by atoms with E-state index >= 15 is 0 Å². The molecule has 3 N–H and O–H groups in total. The van der Waals surface area contributed by atoms with Gasteiger partial charge in [-0.05, 0) is 68.7 Å². The minimum absolute atomic E-state index is 0.177. The quantitative estimate of drug-likeness (QED) is 0.472. The molecule has 2 heterocycles. The number of amides is 1. The van der Waals surface area contributed by atoms with Crippen molar-refractivity contribution in [3.8, 4) is 11.5 Å². The van der Waals surface area contributed by atoms with Gasteiger partial charge in [0.2, 0.25) is 0 Å². The molecule has 1 fully saturated rings. The maximum Gasteiger partial charge on any atom is 0.256 e. The Bertz CT molecular complexity index is 1080. The van der Waals surface area contributed by atoms with E-state index in [-0.39, 0.29) is 5.91 Å². The second kappa shape index (κ2) is 10.6. The van der Waals surface area contributed by atoms with Gasteiger partial charge in [0.15, 0.2) is 5.82 Å². The molecule has 1 saturated heterocycles. The van der Waals surface area contributed by atoms with Crippen molar-refractivity contribution in [3.05, 3.63) is 65.4 Å². The molecule has 8 heteroatoms. The van der Waals surface area contributed by atoms with Crippen LogP contribution >= 0.6 is 0 Å². The molecule has 2 aromatic carbocycles. The van der Waals surface area contributed by atoms with Crippen molar-refractivity contribution in [2.45, 2.75) is 38.8 Å². The zero-order valence-electron chi connectivity index (χ0n) is 20.2. The largest absolute Gasteiger partial charge is 0.497 e. The molecular formula is C26H33N5O3. The van der Waals surface area contributed by atoms with E-state index in [1.807, 2.05) is 48.5 Å². The van der Waals surface area contributed by atoms with Gasteiger partial charge >= 0.3 is 0 Å². The summed E-state index contributed by atoms with van der Waals surface area (Å²) in [6.45, 7) is 6.29. The van der Waals surface area contributed by atoms with Crippen LogP contribution in [0.4, 0.5) is 11.5 Å². The van der Waals surface area contributed by atoms with Crippen LogP contribution in [-0.4, -0.2) is 55.5 Å². The summed E-state index contributed by atoms with van der Waals surface area (Å²) in [7, 11) is 3.28. The molecule has 0 unspecified atom stereocenters. The van der Waals surface area contributed by atoms with Crippen LogP contribution in [0.2, 0.25) is 0 Å². The van der Waals surface area contributed by atoms with E-state index in [0.29, 0.717) is 23.5 Å². The second-order valence-electron chi connectivity index (χ2n) is 8.87. The monoisotopic (exact) mass is 463 g/mol. The first kappa shape index (κ1) is 23.6. The van der Waals surface area contributed by atoms with Crippen LogP contribution in [-0.2, 0) is 12.8 Å². The normalized spacial score (nSPS) is 17.9. The molecule has 0 spiro atoms. The Morgan fingerprint density at radius 1 is 1.00 bits per heavy atom. The van der Waals surface area contributed by atoms with E-state index in [4.69, 9.17) is 9.47 Å². The van der Waals surface area contributed by atoms with E-state index in [1.54, 1.807) is 14.2 Å². The van der Waals surface area contributed by atoms with Crippen molar-refractivity contribution >= 4 is 17.4 Å². The Labute approximate surface area is 200 Å². The summed E-state index contributed by atoms with van der Waals surface area (Å²) in [6, 6.07) is 16.3. The number of piperazine rings is 1. The molecule has 1 aliphatic heterocycles. The number of rotatable bonds is 8. The first-order valence-electron chi connectivity index (χ1n) is 11.6. The Morgan fingerprint density at radius 3 is 2.26 bits per heavy atom. The highest BCUT2D eigenvalue weighted by Gasteiger charge is 2.21. The van der Waals surface area contributed by atoms with Gasteiger partial charge in [0, 0.05) is 54.3 Å². The Morgan fingerprint density at radius 2 is 1.65 bits per heavy atom. The summed E-state index contributed by atoms with van der Waals surface area (Å²) < 4.78 is 10.7. The summed E-state index contributed by atoms with van der Waals surface area (Å²) >= 11 is 0. The molecule has 2 atom stereocenters. The third kappa shape index (κ3) is 5.88. The number of aromatic nitrogens is 2. The topological polar surface area (TPSA) is 91.5 Å². The lowest BCUT2D eigenvalue weighted by Crippen LogP contribution is -2.54. The zero-order chi connectivity index (χ0) is 24.1. The predicted molar refractivity (Wildman–Crippen MR) is 134 cm³/mol. The van der Waals surface area contributed by atoms with Crippen molar-refractivity contribution in [2.75, 3.05) is 37.5 Å². The molecule has 4 rings (SSSR count). The van der Waals surface area contributed by atoms with E-state index in [1.165, 1.54) is 0 Å². The van der Waals surface area contributed by atoms with Crippen LogP contribution in [0.25, 0.3) is 0 Å². The number of methoxy groups -OCH3 is 2. The highest BCUT2D eigenvalue weighted by Crippen LogP contribution is 2.24. The number of hydrogen-bond acceptors (Lipinski definition) is 6. The standard InChI is InChI=1S/C26H33N5O3/c1-17-15-31(16-18(2)27-17)22-9-6-20(7-10-22)26(32)28-25-13-21(29-30-25)8-5-19-11-23(33-3)14-24(12-19)34-4/h6-7,9-14,17-18,27H,5,8,15-16H2,1-4H3,(H2,28,29,30,32)/t17-,18-/m0/s1. The first-order valence-corrected chi connectivity index (χ1v) is 11.6. The molecule has 0 saturated carbocycles. The maximum atomic E-state index is 12.7. The third-order valence-corrected chi connectivity index (χ3v) is 6.02. The number of aromatic amines is 1. The molecule has 3 aromatic rings. The van der Waals surface area contributed by atoms with Gasteiger partial charge in [-0.15, -0.1) is 0 Å². The molecule has 1 aromatic heterocycles. The van der Waals surface area contributed by atoms with Crippen LogP contribution in [0.15, 0.2) is 48.5 Å². The number of H-pyrrole nitrogens is 1. The van der Waals surface area contributed by atoms with Gasteiger partial charge in [0.1, 0.15) is 11.5 Å². The smallest absolute Gasteiger partial charge is 0.256 e. The van der Waals surface area contributed by atoms with E-state index in [2.05, 4.69) is 39.6 Å². The number of ether oxygens (including phenoxy) is 2. The van der Waals surface area contributed by atoms with Gasteiger partial charge < -0.3 is 25.0 Å². The number of anilines is 2. The minimum Gasteiger partial charge on any atom is -0.497 e. The third-order valence-electron chi connectivity index (χ3n) is 6.02. The summed E-state index contributed by atoms with van der Waals surface area (Å²) in [5.41, 5.74) is 3.78. The predicted octanol–water partition coefficient (Wildman–Crippen LogP) is 3.65. The van der Waals surface area contributed by atoms with Crippen molar-refractivity contribution in [3.63, 3.8) is 0 Å². The fourth-order valence-corrected chi connectivity index (χ4v) is 4.39. The van der Waals surface area contributed by atoms with Crippen LogP contribution < -0.4 is 25.0 Å². The molecule has 0 bridgehead atoms. The summed E-state index contributed by atoms with van der Waals surface area (Å²) in [4.78, 5) is 15.1. The van der Waals surface area contributed by atoms with Crippen LogP contribution in [0.3, 0.4) is 0 Å². The van der Waals surface area contributed by atoms with Gasteiger partial charge in [-0.25, -0.2) is 0 Å². The highest BCUT2D eigenvalue weighted by atomic mass is 16.5. The Kier molecular flexibility index (Phi) is 7.37. The molecule has 0 aliphatic carbocycles.